The van der Waals surface area contributed by atoms with Crippen LogP contribution in [0.3, 0.4) is 0 Å². The molecule has 0 aromatic heterocycles. The molecular formula is C15H16N2O3. The molecule has 0 spiro atoms. The summed E-state index contributed by atoms with van der Waals surface area (Å²) in [5.41, 5.74) is 2.26. The van der Waals surface area contributed by atoms with Gasteiger partial charge in [-0.15, -0.1) is 0 Å². The summed E-state index contributed by atoms with van der Waals surface area (Å²) < 4.78 is 5.79. The minimum atomic E-state index is -0.428. The van der Waals surface area contributed by atoms with Gasteiger partial charge in [0.2, 0.25) is 0 Å². The largest absolute Gasteiger partial charge is 0.457 e. The van der Waals surface area contributed by atoms with E-state index in [-0.39, 0.29) is 5.69 Å². The van der Waals surface area contributed by atoms with Gasteiger partial charge in [-0.25, -0.2) is 0 Å². The number of nitrogens with zero attached hydrogens (tertiary/aromatic N) is 1. The van der Waals surface area contributed by atoms with Crippen LogP contribution in [-0.4, -0.2) is 12.0 Å². The summed E-state index contributed by atoms with van der Waals surface area (Å²) in [7, 11) is 1.87. The summed E-state index contributed by atoms with van der Waals surface area (Å²) >= 11 is 0. The van der Waals surface area contributed by atoms with Crippen molar-refractivity contribution in [2.24, 2.45) is 0 Å². The fourth-order valence-electron chi connectivity index (χ4n) is 1.90. The van der Waals surface area contributed by atoms with E-state index in [4.69, 9.17) is 4.74 Å². The molecular weight excluding hydrogens is 256 g/mol. The second-order valence-corrected chi connectivity index (χ2v) is 4.49. The first-order chi connectivity index (χ1) is 9.60. The third-order valence-electron chi connectivity index (χ3n) is 2.86. The molecule has 0 saturated carbocycles. The molecule has 0 aliphatic heterocycles. The predicted octanol–water partition coefficient (Wildman–Crippen LogP) is 3.41. The van der Waals surface area contributed by atoms with Crippen LogP contribution in [0.1, 0.15) is 11.1 Å². The Morgan fingerprint density at radius 1 is 1.20 bits per heavy atom. The first-order valence-electron chi connectivity index (χ1n) is 6.26. The number of non-ortho nitro benzene ring substituents is 1. The number of aryl methyl sites for hydroxylation is 1. The van der Waals surface area contributed by atoms with Crippen molar-refractivity contribution in [1.82, 2.24) is 5.32 Å². The molecule has 0 saturated heterocycles. The molecule has 0 atom stereocenters. The molecule has 2 aromatic carbocycles. The molecule has 2 rings (SSSR count). The Bertz CT molecular complexity index is 609. The van der Waals surface area contributed by atoms with Gasteiger partial charge < -0.3 is 10.1 Å². The smallest absolute Gasteiger partial charge is 0.269 e. The molecule has 1 N–H and O–H groups in total. The number of ether oxygens (including phenoxy) is 1. The summed E-state index contributed by atoms with van der Waals surface area (Å²) in [6.45, 7) is 2.72. The van der Waals surface area contributed by atoms with Gasteiger partial charge in [0, 0.05) is 24.2 Å². The zero-order chi connectivity index (χ0) is 14.5. The average molecular weight is 272 g/mol. The SMILES string of the molecule is CNCc1cc(C)ccc1Oc1ccc([N+](=O)[O-])cc1. The van der Waals surface area contributed by atoms with Gasteiger partial charge in [0.15, 0.2) is 0 Å². The highest BCUT2D eigenvalue weighted by molar-refractivity contribution is 5.42. The number of benzene rings is 2. The van der Waals surface area contributed by atoms with Gasteiger partial charge in [-0.05, 0) is 32.2 Å². The van der Waals surface area contributed by atoms with Crippen molar-refractivity contribution in [2.45, 2.75) is 13.5 Å². The summed E-state index contributed by atoms with van der Waals surface area (Å²) in [4.78, 5) is 10.2. The van der Waals surface area contributed by atoms with E-state index in [0.29, 0.717) is 12.3 Å². The van der Waals surface area contributed by atoms with Crippen molar-refractivity contribution in [3.63, 3.8) is 0 Å². The van der Waals surface area contributed by atoms with Crippen LogP contribution in [0.25, 0.3) is 0 Å². The Balaban J connectivity index is 2.22. The standard InChI is InChI=1S/C15H16N2O3/c1-11-3-8-15(12(9-11)10-16-2)20-14-6-4-13(5-7-14)17(18)19/h3-9,16H,10H2,1-2H3. The number of nitro benzene ring substituents is 1. The molecule has 0 fully saturated rings. The van der Waals surface area contributed by atoms with E-state index in [1.54, 1.807) is 12.1 Å². The van der Waals surface area contributed by atoms with Gasteiger partial charge in [-0.2, -0.15) is 0 Å². The topological polar surface area (TPSA) is 64.4 Å². The van der Waals surface area contributed by atoms with Gasteiger partial charge in [-0.1, -0.05) is 17.7 Å². The van der Waals surface area contributed by atoms with E-state index in [1.807, 2.05) is 26.1 Å². The second-order valence-electron chi connectivity index (χ2n) is 4.49. The number of nitro groups is 1. The fraction of sp³-hybridized carbons (Fsp3) is 0.200. The molecule has 20 heavy (non-hydrogen) atoms. The molecule has 0 aliphatic carbocycles. The number of hydrogen-bond acceptors (Lipinski definition) is 4. The lowest BCUT2D eigenvalue weighted by atomic mass is 10.1. The van der Waals surface area contributed by atoms with Crippen molar-refractivity contribution >= 4 is 5.69 Å². The normalized spacial score (nSPS) is 10.3. The fourth-order valence-corrected chi connectivity index (χ4v) is 1.90. The first kappa shape index (κ1) is 14.0. The van der Waals surface area contributed by atoms with Crippen LogP contribution in [-0.2, 0) is 6.54 Å². The molecule has 5 nitrogen and oxygen atoms in total. The molecule has 5 heteroatoms. The molecule has 0 unspecified atom stereocenters. The molecule has 0 aliphatic rings. The monoisotopic (exact) mass is 272 g/mol. The van der Waals surface area contributed by atoms with Crippen LogP contribution in [0, 0.1) is 17.0 Å². The summed E-state index contributed by atoms with van der Waals surface area (Å²) in [5.74, 6) is 1.33. The van der Waals surface area contributed by atoms with E-state index in [1.165, 1.54) is 12.1 Å². The highest BCUT2D eigenvalue weighted by Crippen LogP contribution is 2.27. The highest BCUT2D eigenvalue weighted by Gasteiger charge is 2.07. The highest BCUT2D eigenvalue weighted by atomic mass is 16.6. The molecule has 104 valence electrons. The predicted molar refractivity (Wildman–Crippen MR) is 77.1 cm³/mol. The van der Waals surface area contributed by atoms with Crippen molar-refractivity contribution in [1.29, 1.82) is 0 Å². The Labute approximate surface area is 117 Å². The summed E-state index contributed by atoms with van der Waals surface area (Å²) in [6.07, 6.45) is 0. The molecule has 0 heterocycles. The minimum Gasteiger partial charge on any atom is -0.457 e. The lowest BCUT2D eigenvalue weighted by molar-refractivity contribution is -0.384. The maximum absolute atomic E-state index is 10.6. The molecule has 0 radical (unpaired) electrons. The maximum atomic E-state index is 10.6. The minimum absolute atomic E-state index is 0.0525. The third-order valence-corrected chi connectivity index (χ3v) is 2.86. The van der Waals surface area contributed by atoms with E-state index in [2.05, 4.69) is 11.4 Å². The molecule has 0 amide bonds. The van der Waals surface area contributed by atoms with Crippen LogP contribution in [0.15, 0.2) is 42.5 Å². The van der Waals surface area contributed by atoms with Crippen molar-refractivity contribution < 1.29 is 9.66 Å². The van der Waals surface area contributed by atoms with E-state index < -0.39 is 4.92 Å². The molecule has 0 bridgehead atoms. The van der Waals surface area contributed by atoms with Gasteiger partial charge in [0.05, 0.1) is 4.92 Å². The second kappa shape index (κ2) is 6.16. The number of rotatable bonds is 5. The van der Waals surface area contributed by atoms with Crippen molar-refractivity contribution in [3.8, 4) is 11.5 Å². The van der Waals surface area contributed by atoms with Crippen LogP contribution in [0.5, 0.6) is 11.5 Å². The lowest BCUT2D eigenvalue weighted by Crippen LogP contribution is -2.06. The Morgan fingerprint density at radius 2 is 1.90 bits per heavy atom. The molecule has 2 aromatic rings. The summed E-state index contributed by atoms with van der Waals surface area (Å²) in [5, 5.41) is 13.7. The maximum Gasteiger partial charge on any atom is 0.269 e. The van der Waals surface area contributed by atoms with E-state index in [0.717, 1.165) is 16.9 Å². The van der Waals surface area contributed by atoms with Crippen LogP contribution >= 0.6 is 0 Å². The Hall–Kier alpha value is -2.40. The van der Waals surface area contributed by atoms with E-state index in [9.17, 15) is 10.1 Å². The summed E-state index contributed by atoms with van der Waals surface area (Å²) in [6, 6.07) is 12.0. The van der Waals surface area contributed by atoms with Gasteiger partial charge in [-0.3, -0.25) is 10.1 Å². The quantitative estimate of drug-likeness (QED) is 0.669. The van der Waals surface area contributed by atoms with Crippen LogP contribution < -0.4 is 10.1 Å². The van der Waals surface area contributed by atoms with Crippen LogP contribution in [0.4, 0.5) is 5.69 Å². The van der Waals surface area contributed by atoms with Gasteiger partial charge >= 0.3 is 0 Å². The Morgan fingerprint density at radius 3 is 2.50 bits per heavy atom. The van der Waals surface area contributed by atoms with Gasteiger partial charge in [0.1, 0.15) is 11.5 Å². The van der Waals surface area contributed by atoms with Crippen molar-refractivity contribution in [3.05, 3.63) is 63.7 Å². The zero-order valence-corrected chi connectivity index (χ0v) is 11.4. The van der Waals surface area contributed by atoms with Crippen molar-refractivity contribution in [2.75, 3.05) is 7.05 Å². The van der Waals surface area contributed by atoms with E-state index >= 15 is 0 Å². The van der Waals surface area contributed by atoms with Crippen LogP contribution in [0.2, 0.25) is 0 Å². The average Bonchev–Trinajstić information content (AvgIpc) is 2.43. The number of nitrogens with one attached hydrogen (secondary N) is 1. The Kier molecular flexibility index (Phi) is 4.32. The number of hydrogen-bond donors (Lipinski definition) is 1. The lowest BCUT2D eigenvalue weighted by Gasteiger charge is -2.11. The first-order valence-corrected chi connectivity index (χ1v) is 6.26. The zero-order valence-electron chi connectivity index (χ0n) is 11.4. The van der Waals surface area contributed by atoms with Gasteiger partial charge in [0.25, 0.3) is 5.69 Å². The third kappa shape index (κ3) is 3.33.